The first kappa shape index (κ1) is 28.2. The van der Waals surface area contributed by atoms with Crippen LogP contribution in [0, 0.1) is 11.8 Å². The summed E-state index contributed by atoms with van der Waals surface area (Å²) >= 11 is 6.36. The Morgan fingerprint density at radius 2 is 1.76 bits per heavy atom. The Balaban J connectivity index is 1.36. The molecule has 3 saturated heterocycles. The number of rotatable bonds is 9. The lowest BCUT2D eigenvalue weighted by Gasteiger charge is -2.36. The van der Waals surface area contributed by atoms with Crippen molar-refractivity contribution in [1.29, 1.82) is 0 Å². The number of hydrogen-bond acceptors (Lipinski definition) is 6. The van der Waals surface area contributed by atoms with Crippen LogP contribution in [0.3, 0.4) is 0 Å². The Kier molecular flexibility index (Phi) is 7.66. The summed E-state index contributed by atoms with van der Waals surface area (Å²) in [5.74, 6) is -2.26. The average molecular weight is 590 g/mol. The lowest BCUT2D eigenvalue weighted by Crippen LogP contribution is -2.54. The van der Waals surface area contributed by atoms with Gasteiger partial charge >= 0.3 is 0 Å². The summed E-state index contributed by atoms with van der Waals surface area (Å²) in [6.07, 6.45) is 0.415. The van der Waals surface area contributed by atoms with E-state index in [-0.39, 0.29) is 5.91 Å². The fraction of sp³-hybridized carbons (Fsp3) is 0.344. The normalized spacial score (nSPS) is 26.5. The number of likely N-dealkylation sites (tertiary alicyclic amines) is 1. The van der Waals surface area contributed by atoms with Crippen LogP contribution < -0.4 is 15.4 Å². The highest BCUT2D eigenvalue weighted by Crippen LogP contribution is 2.60. The van der Waals surface area contributed by atoms with Gasteiger partial charge in [0.15, 0.2) is 0 Å². The van der Waals surface area contributed by atoms with Gasteiger partial charge in [-0.1, -0.05) is 54.1 Å². The Morgan fingerprint density at radius 1 is 1.05 bits per heavy atom. The Labute approximate surface area is 248 Å². The maximum atomic E-state index is 14.4. The van der Waals surface area contributed by atoms with E-state index in [1.54, 1.807) is 60.7 Å². The summed E-state index contributed by atoms with van der Waals surface area (Å²) in [7, 11) is 0. The van der Waals surface area contributed by atoms with Crippen molar-refractivity contribution in [3.63, 3.8) is 0 Å². The van der Waals surface area contributed by atoms with Crippen molar-refractivity contribution in [1.82, 2.24) is 4.90 Å². The van der Waals surface area contributed by atoms with E-state index in [0.29, 0.717) is 47.2 Å². The van der Waals surface area contributed by atoms with E-state index in [1.807, 2.05) is 25.1 Å². The van der Waals surface area contributed by atoms with Crippen LogP contribution in [0.2, 0.25) is 5.02 Å². The number of anilines is 2. The summed E-state index contributed by atoms with van der Waals surface area (Å²) < 4.78 is 12.0. The maximum absolute atomic E-state index is 14.4. The fourth-order valence-electron chi connectivity index (χ4n) is 6.85. The summed E-state index contributed by atoms with van der Waals surface area (Å²) in [6.45, 7) is 2.00. The van der Waals surface area contributed by atoms with Gasteiger partial charge in [-0.05, 0) is 61.7 Å². The molecule has 9 nitrogen and oxygen atoms in total. The van der Waals surface area contributed by atoms with Crippen LogP contribution in [0.15, 0.2) is 78.9 Å². The standard InChI is InChI=1S/C32H32ClN3O6/c1-2-41-21-14-12-20(13-15-21)34-29(38)26-25-16-17-32(42-25)27(26)31(40)36(24(18-37)19-8-4-3-5-9-19)28(32)30(39)35-23-11-7-6-10-22(23)33/h3-15,24-28,37H,2,16-18H2,1H3,(H,34,38)(H,35,39)/t24-,25+,26-,27+,28?,32?/m1/s1. The number of nitrogens with one attached hydrogen (secondary N) is 2. The zero-order valence-electron chi connectivity index (χ0n) is 23.0. The van der Waals surface area contributed by atoms with Gasteiger partial charge in [-0.25, -0.2) is 0 Å². The molecule has 1 spiro atoms. The molecule has 10 heteroatoms. The lowest BCUT2D eigenvalue weighted by atomic mass is 9.70. The number of ether oxygens (including phenoxy) is 2. The molecule has 3 aliphatic rings. The van der Waals surface area contributed by atoms with Crippen LogP contribution in [-0.2, 0) is 19.1 Å². The molecular weight excluding hydrogens is 558 g/mol. The molecular formula is C32H32ClN3O6. The summed E-state index contributed by atoms with van der Waals surface area (Å²) in [4.78, 5) is 43.7. The van der Waals surface area contributed by atoms with Crippen molar-refractivity contribution in [3.05, 3.63) is 89.4 Å². The molecule has 3 aromatic rings. The monoisotopic (exact) mass is 589 g/mol. The van der Waals surface area contributed by atoms with Crippen LogP contribution in [0.1, 0.15) is 31.4 Å². The Hall–Kier alpha value is -3.92. The molecule has 3 aromatic carbocycles. The minimum absolute atomic E-state index is 0.349. The molecule has 3 aliphatic heterocycles. The van der Waals surface area contributed by atoms with E-state index in [1.165, 1.54) is 4.90 Å². The zero-order valence-corrected chi connectivity index (χ0v) is 23.8. The smallest absolute Gasteiger partial charge is 0.250 e. The van der Waals surface area contributed by atoms with E-state index in [4.69, 9.17) is 21.1 Å². The Morgan fingerprint density at radius 3 is 2.45 bits per heavy atom. The molecule has 42 heavy (non-hydrogen) atoms. The molecule has 3 heterocycles. The molecule has 2 unspecified atom stereocenters. The zero-order chi connectivity index (χ0) is 29.4. The molecule has 6 rings (SSSR count). The number of para-hydroxylation sites is 1. The number of fused-ring (bicyclic) bond motifs is 1. The summed E-state index contributed by atoms with van der Waals surface area (Å²) in [6, 6.07) is 21.0. The highest BCUT2D eigenvalue weighted by Gasteiger charge is 2.75. The second-order valence-corrected chi connectivity index (χ2v) is 11.2. The first-order valence-corrected chi connectivity index (χ1v) is 14.5. The number of amides is 3. The van der Waals surface area contributed by atoms with Crippen LogP contribution in [0.5, 0.6) is 5.75 Å². The number of carbonyl (C=O) groups is 3. The second kappa shape index (κ2) is 11.4. The molecule has 3 amide bonds. The molecule has 2 bridgehead atoms. The Bertz CT molecular complexity index is 1490. The van der Waals surface area contributed by atoms with Crippen LogP contribution in [-0.4, -0.2) is 58.7 Å². The van der Waals surface area contributed by atoms with Crippen molar-refractivity contribution in [2.24, 2.45) is 11.8 Å². The van der Waals surface area contributed by atoms with Gasteiger partial charge in [-0.2, -0.15) is 0 Å². The van der Waals surface area contributed by atoms with Crippen molar-refractivity contribution in [3.8, 4) is 5.75 Å². The number of aliphatic hydroxyl groups excluding tert-OH is 1. The number of hydrogen-bond donors (Lipinski definition) is 3. The molecule has 3 fully saturated rings. The summed E-state index contributed by atoms with van der Waals surface area (Å²) in [5, 5.41) is 16.7. The van der Waals surface area contributed by atoms with E-state index in [0.717, 1.165) is 0 Å². The van der Waals surface area contributed by atoms with Gasteiger partial charge in [0.25, 0.3) is 0 Å². The SMILES string of the molecule is CCOc1ccc(NC(=O)[C@@H]2[C@@H]3CCC4(O3)C(C(=O)Nc3ccccc3Cl)N([C@H](CO)c3ccccc3)C(=O)[C@H]24)cc1. The van der Waals surface area contributed by atoms with Gasteiger partial charge < -0.3 is 30.1 Å². The fourth-order valence-corrected chi connectivity index (χ4v) is 7.03. The molecule has 0 radical (unpaired) electrons. The predicted octanol–water partition coefficient (Wildman–Crippen LogP) is 4.42. The third-order valence-electron chi connectivity index (χ3n) is 8.55. The number of nitrogens with zero attached hydrogens (tertiary/aromatic N) is 1. The van der Waals surface area contributed by atoms with Crippen molar-refractivity contribution < 1.29 is 29.0 Å². The molecule has 6 atom stereocenters. The summed E-state index contributed by atoms with van der Waals surface area (Å²) in [5.41, 5.74) is 0.392. The largest absolute Gasteiger partial charge is 0.494 e. The first-order valence-electron chi connectivity index (χ1n) is 14.1. The van der Waals surface area contributed by atoms with E-state index in [9.17, 15) is 19.5 Å². The third kappa shape index (κ3) is 4.71. The number of halogens is 1. The topological polar surface area (TPSA) is 117 Å². The van der Waals surface area contributed by atoms with Gasteiger partial charge in [-0.15, -0.1) is 0 Å². The minimum atomic E-state index is -1.24. The molecule has 0 aromatic heterocycles. The van der Waals surface area contributed by atoms with Crippen molar-refractivity contribution in [2.75, 3.05) is 23.8 Å². The lowest BCUT2D eigenvalue weighted by molar-refractivity contribution is -0.143. The van der Waals surface area contributed by atoms with E-state index < -0.39 is 54.0 Å². The molecule has 218 valence electrons. The quantitative estimate of drug-likeness (QED) is 0.340. The highest BCUT2D eigenvalue weighted by atomic mass is 35.5. The highest BCUT2D eigenvalue weighted by molar-refractivity contribution is 6.33. The molecule has 3 N–H and O–H groups in total. The van der Waals surface area contributed by atoms with Crippen molar-refractivity contribution in [2.45, 2.75) is 43.6 Å². The predicted molar refractivity (Wildman–Crippen MR) is 157 cm³/mol. The van der Waals surface area contributed by atoms with Crippen LogP contribution in [0.4, 0.5) is 11.4 Å². The van der Waals surface area contributed by atoms with Crippen LogP contribution in [0.25, 0.3) is 0 Å². The van der Waals surface area contributed by atoms with Crippen molar-refractivity contribution >= 4 is 40.7 Å². The second-order valence-electron chi connectivity index (χ2n) is 10.8. The first-order chi connectivity index (χ1) is 20.4. The molecule has 0 saturated carbocycles. The van der Waals surface area contributed by atoms with Gasteiger partial charge in [0.1, 0.15) is 17.4 Å². The van der Waals surface area contributed by atoms with E-state index >= 15 is 0 Å². The molecule has 0 aliphatic carbocycles. The van der Waals surface area contributed by atoms with E-state index in [2.05, 4.69) is 10.6 Å². The van der Waals surface area contributed by atoms with Crippen LogP contribution >= 0.6 is 11.6 Å². The van der Waals surface area contributed by atoms with Gasteiger partial charge in [0.05, 0.1) is 47.9 Å². The van der Waals surface area contributed by atoms with Gasteiger partial charge in [-0.3, -0.25) is 14.4 Å². The number of aliphatic hydroxyl groups is 1. The minimum Gasteiger partial charge on any atom is -0.494 e. The number of carbonyl (C=O) groups excluding carboxylic acids is 3. The maximum Gasteiger partial charge on any atom is 0.250 e. The third-order valence-corrected chi connectivity index (χ3v) is 8.88. The number of benzene rings is 3. The van der Waals surface area contributed by atoms with Gasteiger partial charge in [0.2, 0.25) is 17.7 Å². The average Bonchev–Trinajstić information content (AvgIpc) is 3.64. The van der Waals surface area contributed by atoms with Gasteiger partial charge in [0, 0.05) is 5.69 Å².